The molecule has 7 nitrogen and oxygen atoms in total. The van der Waals surface area contributed by atoms with Gasteiger partial charge in [-0.1, -0.05) is 80.9 Å². The molecular weight excluding hydrogens is 908 g/mol. The molecule has 0 atom stereocenters. The summed E-state index contributed by atoms with van der Waals surface area (Å²) in [4.78, 5) is 13.7. The fourth-order valence-electron chi connectivity index (χ4n) is 8.31. The van der Waals surface area contributed by atoms with Crippen LogP contribution in [0.1, 0.15) is 26.3 Å². The summed E-state index contributed by atoms with van der Waals surface area (Å²) in [5, 5.41) is 4.62. The number of aromatic nitrogens is 4. The van der Waals surface area contributed by atoms with Crippen molar-refractivity contribution in [2.24, 2.45) is 0 Å². The SMILES string of the molecule is CC(C)(C)c1ccnc(-n2c3[c-]c(Oc4[c-]c(N5[CH-]N(c6ccc7c(c6)c6ccccc6n7-c6ccccc6)c6ccncc65)ccc4)ccc3c3ccccc32)c1.[Pt]. The van der Waals surface area contributed by atoms with Gasteiger partial charge in [0.25, 0.3) is 0 Å². The molecule has 11 rings (SSSR count). The Balaban J connectivity index is 0.00000420. The molecule has 0 N–H and O–H groups in total. The van der Waals surface area contributed by atoms with Gasteiger partial charge in [-0.05, 0) is 77.0 Å². The number of fused-ring (bicyclic) bond motifs is 7. The van der Waals surface area contributed by atoms with Crippen LogP contribution in [-0.4, -0.2) is 19.1 Å². The minimum absolute atomic E-state index is 0. The van der Waals surface area contributed by atoms with E-state index in [9.17, 15) is 0 Å². The van der Waals surface area contributed by atoms with E-state index in [1.165, 1.54) is 21.9 Å². The third-order valence-corrected chi connectivity index (χ3v) is 11.1. The fraction of sp³-hybridized carbons (Fsp3) is 0.0784. The number of benzene rings is 6. The second-order valence-corrected chi connectivity index (χ2v) is 15.7. The van der Waals surface area contributed by atoms with Gasteiger partial charge in [0.2, 0.25) is 0 Å². The zero-order chi connectivity index (χ0) is 39.0. The van der Waals surface area contributed by atoms with Gasteiger partial charge in [-0.3, -0.25) is 4.98 Å². The number of anilines is 4. The Labute approximate surface area is 357 Å². The van der Waals surface area contributed by atoms with E-state index in [0.717, 1.165) is 61.6 Å². The first-order chi connectivity index (χ1) is 28.4. The van der Waals surface area contributed by atoms with Gasteiger partial charge in [0.05, 0.1) is 16.7 Å². The number of para-hydroxylation sites is 3. The maximum absolute atomic E-state index is 6.56. The summed E-state index contributed by atoms with van der Waals surface area (Å²) in [5.41, 5.74) is 10.5. The van der Waals surface area contributed by atoms with Crippen molar-refractivity contribution >= 4 is 66.4 Å². The van der Waals surface area contributed by atoms with Gasteiger partial charge in [0.1, 0.15) is 5.82 Å². The van der Waals surface area contributed by atoms with Crippen LogP contribution in [0.25, 0.3) is 55.1 Å². The Morgan fingerprint density at radius 3 is 2.10 bits per heavy atom. The second kappa shape index (κ2) is 14.3. The molecule has 0 bridgehead atoms. The zero-order valence-electron chi connectivity index (χ0n) is 32.6. The molecule has 1 aliphatic rings. The van der Waals surface area contributed by atoms with Crippen LogP contribution in [0.5, 0.6) is 11.5 Å². The van der Waals surface area contributed by atoms with E-state index < -0.39 is 0 Å². The summed E-state index contributed by atoms with van der Waals surface area (Å²) in [7, 11) is 0. The standard InChI is InChI=1S/C51H37N6O.Pt/c1-51(2,3)34-24-27-53-50(28-34)57-45-19-10-7-16-40(45)42-22-21-39(31-48(42)57)58-38-15-11-14-36(29-38)55-33-54(47-25-26-52-32-49(47)55)37-20-23-46-43(30-37)41-17-8-9-18-44(41)56(46)35-12-5-4-6-13-35;/h4-28,30,32-33H,1-3H3;/q-3;. The number of rotatable bonds is 6. The number of hydrogen-bond donors (Lipinski definition) is 0. The fourth-order valence-corrected chi connectivity index (χ4v) is 8.31. The zero-order valence-corrected chi connectivity index (χ0v) is 34.8. The van der Waals surface area contributed by atoms with Crippen LogP contribution in [0.15, 0.2) is 164 Å². The minimum Gasteiger partial charge on any atom is -0.509 e. The molecule has 59 heavy (non-hydrogen) atoms. The summed E-state index contributed by atoms with van der Waals surface area (Å²) < 4.78 is 11.1. The quantitative estimate of drug-likeness (QED) is 0.156. The van der Waals surface area contributed by atoms with Gasteiger partial charge in [0, 0.05) is 84.5 Å². The topological polar surface area (TPSA) is 51.4 Å². The van der Waals surface area contributed by atoms with E-state index in [1.54, 1.807) is 0 Å². The van der Waals surface area contributed by atoms with Crippen molar-refractivity contribution in [1.29, 1.82) is 0 Å². The van der Waals surface area contributed by atoms with Crippen LogP contribution in [0, 0.1) is 18.8 Å². The number of pyridine rings is 2. The van der Waals surface area contributed by atoms with Gasteiger partial charge in [0.15, 0.2) is 0 Å². The summed E-state index contributed by atoms with van der Waals surface area (Å²) in [6, 6.07) is 57.8. The predicted molar refractivity (Wildman–Crippen MR) is 235 cm³/mol. The summed E-state index contributed by atoms with van der Waals surface area (Å²) in [5.74, 6) is 2.02. The Morgan fingerprint density at radius 1 is 0.559 bits per heavy atom. The molecule has 0 spiro atoms. The Bertz CT molecular complexity index is 3200. The smallest absolute Gasteiger partial charge is 0.135 e. The monoisotopic (exact) mass is 944 g/mol. The average Bonchev–Trinajstić information content (AvgIpc) is 3.92. The van der Waals surface area contributed by atoms with Gasteiger partial charge in [-0.25, -0.2) is 4.98 Å². The van der Waals surface area contributed by atoms with E-state index in [-0.39, 0.29) is 26.5 Å². The molecule has 10 aromatic rings. The number of nitrogens with zero attached hydrogens (tertiary/aromatic N) is 6. The summed E-state index contributed by atoms with van der Waals surface area (Å²) in [6.45, 7) is 8.77. The summed E-state index contributed by atoms with van der Waals surface area (Å²) in [6.07, 6.45) is 5.63. The van der Waals surface area contributed by atoms with Crippen molar-refractivity contribution in [3.05, 3.63) is 189 Å². The maximum Gasteiger partial charge on any atom is 0.135 e. The molecule has 0 fully saturated rings. The number of ether oxygens (including phenoxy) is 1. The van der Waals surface area contributed by atoms with E-state index in [2.05, 4.69) is 185 Å². The molecule has 8 heteroatoms. The first-order valence-corrected chi connectivity index (χ1v) is 19.5. The molecule has 5 heterocycles. The Morgan fingerprint density at radius 2 is 1.29 bits per heavy atom. The first-order valence-electron chi connectivity index (χ1n) is 19.5. The van der Waals surface area contributed by atoms with Crippen LogP contribution in [0.4, 0.5) is 22.7 Å². The van der Waals surface area contributed by atoms with Crippen LogP contribution in [0.2, 0.25) is 0 Å². The molecule has 0 amide bonds. The van der Waals surface area contributed by atoms with Crippen molar-refractivity contribution in [3.63, 3.8) is 0 Å². The van der Waals surface area contributed by atoms with Crippen molar-refractivity contribution in [2.75, 3.05) is 9.80 Å². The first kappa shape index (κ1) is 36.6. The van der Waals surface area contributed by atoms with Crippen LogP contribution in [0.3, 0.4) is 0 Å². The molecule has 1 aliphatic heterocycles. The molecule has 4 aromatic heterocycles. The third-order valence-electron chi connectivity index (χ3n) is 11.1. The van der Waals surface area contributed by atoms with E-state index in [4.69, 9.17) is 9.72 Å². The third kappa shape index (κ3) is 6.16. The largest absolute Gasteiger partial charge is 0.509 e. The number of hydrogen-bond acceptors (Lipinski definition) is 5. The molecule has 0 aliphatic carbocycles. The maximum atomic E-state index is 6.56. The van der Waals surface area contributed by atoms with Gasteiger partial charge in [-0.2, -0.15) is 12.1 Å². The van der Waals surface area contributed by atoms with Crippen molar-refractivity contribution in [3.8, 4) is 23.0 Å². The average molecular weight is 945 g/mol. The summed E-state index contributed by atoms with van der Waals surface area (Å²) >= 11 is 0. The molecule has 0 radical (unpaired) electrons. The van der Waals surface area contributed by atoms with Crippen molar-refractivity contribution < 1.29 is 25.8 Å². The van der Waals surface area contributed by atoms with Gasteiger partial charge < -0.3 is 23.7 Å². The molecule has 0 saturated heterocycles. The van der Waals surface area contributed by atoms with Gasteiger partial charge in [-0.15, -0.1) is 48.1 Å². The van der Waals surface area contributed by atoms with E-state index in [1.807, 2.05) is 42.9 Å². The molecular formula is C51H37N6OPt-3. The van der Waals surface area contributed by atoms with Crippen LogP contribution < -0.4 is 14.5 Å². The Kier molecular flexibility index (Phi) is 8.88. The van der Waals surface area contributed by atoms with E-state index in [0.29, 0.717) is 11.5 Å². The predicted octanol–water partition coefficient (Wildman–Crippen LogP) is 12.8. The molecule has 290 valence electrons. The van der Waals surface area contributed by atoms with Crippen LogP contribution in [-0.2, 0) is 26.5 Å². The molecule has 0 unspecified atom stereocenters. The van der Waals surface area contributed by atoms with E-state index >= 15 is 0 Å². The van der Waals surface area contributed by atoms with Crippen molar-refractivity contribution in [2.45, 2.75) is 26.2 Å². The van der Waals surface area contributed by atoms with Crippen molar-refractivity contribution in [1.82, 2.24) is 19.1 Å². The normalized spacial score (nSPS) is 12.7. The minimum atomic E-state index is -0.0203. The van der Waals surface area contributed by atoms with Gasteiger partial charge >= 0.3 is 0 Å². The Hall–Kier alpha value is -6.69. The van der Waals surface area contributed by atoms with Crippen LogP contribution >= 0.6 is 0 Å². The molecule has 0 saturated carbocycles. The molecule has 6 aromatic carbocycles. The second-order valence-electron chi connectivity index (χ2n) is 15.7.